The maximum atomic E-state index is 12.1. The normalized spacial score (nSPS) is 9.52. The Bertz CT molecular complexity index is 784. The van der Waals surface area contributed by atoms with Crippen molar-refractivity contribution in [3.05, 3.63) is 47.5 Å². The Morgan fingerprint density at radius 3 is 2.35 bits per heavy atom. The molecule has 0 aliphatic heterocycles. The van der Waals surface area contributed by atoms with E-state index in [1.807, 2.05) is 0 Å². The highest BCUT2D eigenvalue weighted by molar-refractivity contribution is 6.11. The van der Waals surface area contributed by atoms with E-state index in [1.54, 1.807) is 24.3 Å². The third-order valence-electron chi connectivity index (χ3n) is 3.15. The van der Waals surface area contributed by atoms with E-state index in [1.165, 1.54) is 33.5 Å². The second kappa shape index (κ2) is 7.23. The van der Waals surface area contributed by atoms with E-state index < -0.39 is 5.78 Å². The Balaban J connectivity index is 2.30. The van der Waals surface area contributed by atoms with Gasteiger partial charge in [-0.25, -0.2) is 0 Å². The fourth-order valence-electron chi connectivity index (χ4n) is 1.93. The van der Waals surface area contributed by atoms with E-state index in [4.69, 9.17) is 14.2 Å². The van der Waals surface area contributed by atoms with Crippen molar-refractivity contribution in [2.75, 3.05) is 21.3 Å². The number of methoxy groups -OCH3 is 3. The molecule has 2 rings (SSSR count). The number of ketones is 1. The predicted molar refractivity (Wildman–Crippen MR) is 85.4 cm³/mol. The van der Waals surface area contributed by atoms with E-state index in [0.717, 1.165) is 0 Å². The van der Waals surface area contributed by atoms with Crippen molar-refractivity contribution >= 4 is 5.78 Å². The molecule has 23 heavy (non-hydrogen) atoms. The predicted octanol–water partition coefficient (Wildman–Crippen LogP) is 2.65. The zero-order valence-corrected chi connectivity index (χ0v) is 13.0. The second-order valence-corrected chi connectivity index (χ2v) is 4.53. The molecule has 0 radical (unpaired) electrons. The van der Waals surface area contributed by atoms with Crippen LogP contribution in [0.1, 0.15) is 15.9 Å². The summed E-state index contributed by atoms with van der Waals surface area (Å²) in [6.45, 7) is 0. The lowest BCUT2D eigenvalue weighted by molar-refractivity contribution is 0.105. The third kappa shape index (κ3) is 3.74. The summed E-state index contributed by atoms with van der Waals surface area (Å²) in [7, 11) is 4.54. The zero-order valence-electron chi connectivity index (χ0n) is 13.0. The summed E-state index contributed by atoms with van der Waals surface area (Å²) in [5, 5.41) is 9.77. The summed E-state index contributed by atoms with van der Waals surface area (Å²) < 4.78 is 15.4. The van der Waals surface area contributed by atoms with E-state index in [0.29, 0.717) is 22.8 Å². The Morgan fingerprint density at radius 2 is 1.70 bits per heavy atom. The lowest BCUT2D eigenvalue weighted by Crippen LogP contribution is -1.97. The van der Waals surface area contributed by atoms with Crippen LogP contribution in [0.5, 0.6) is 23.0 Å². The molecule has 0 aromatic heterocycles. The molecule has 0 unspecified atom stereocenters. The molecule has 0 bridgehead atoms. The van der Waals surface area contributed by atoms with Crippen LogP contribution in [0.3, 0.4) is 0 Å². The number of carbonyl (C=O) groups excluding carboxylic acids is 1. The minimum atomic E-state index is -0.504. The minimum absolute atomic E-state index is 0.0947. The highest BCUT2D eigenvalue weighted by Crippen LogP contribution is 2.27. The van der Waals surface area contributed by atoms with Gasteiger partial charge in [-0.1, -0.05) is 5.92 Å². The van der Waals surface area contributed by atoms with Crippen molar-refractivity contribution in [2.45, 2.75) is 0 Å². The number of Topliss-reactive ketones (excluding diaryl/α,β-unsaturated/α-hetero) is 1. The van der Waals surface area contributed by atoms with Crippen molar-refractivity contribution in [3.8, 4) is 34.8 Å². The zero-order chi connectivity index (χ0) is 16.8. The van der Waals surface area contributed by atoms with Crippen LogP contribution < -0.4 is 14.2 Å². The van der Waals surface area contributed by atoms with E-state index in [9.17, 15) is 9.90 Å². The third-order valence-corrected chi connectivity index (χ3v) is 3.15. The molecule has 2 aromatic rings. The van der Waals surface area contributed by atoms with Gasteiger partial charge in [-0.15, -0.1) is 0 Å². The van der Waals surface area contributed by atoms with Crippen molar-refractivity contribution in [1.29, 1.82) is 0 Å². The molecule has 2 aromatic carbocycles. The highest BCUT2D eigenvalue weighted by atomic mass is 16.5. The van der Waals surface area contributed by atoms with E-state index >= 15 is 0 Å². The SMILES string of the molecule is COc1ccc(O)c(C(=O)C#Cc2ccc(OC)c(OC)c2)c1. The van der Waals surface area contributed by atoms with Gasteiger partial charge in [0, 0.05) is 5.56 Å². The summed E-state index contributed by atoms with van der Waals surface area (Å²) >= 11 is 0. The lowest BCUT2D eigenvalue weighted by Gasteiger charge is -2.06. The summed E-state index contributed by atoms with van der Waals surface area (Å²) in [4.78, 5) is 12.1. The van der Waals surface area contributed by atoms with Crippen LogP contribution in [0.15, 0.2) is 36.4 Å². The first-order chi connectivity index (χ1) is 11.1. The Kier molecular flexibility index (Phi) is 5.11. The lowest BCUT2D eigenvalue weighted by atomic mass is 10.1. The molecule has 0 atom stereocenters. The number of phenolic OH excluding ortho intramolecular Hbond substituents is 1. The maximum absolute atomic E-state index is 12.1. The van der Waals surface area contributed by atoms with Crippen LogP contribution in [-0.2, 0) is 0 Å². The van der Waals surface area contributed by atoms with Crippen LogP contribution >= 0.6 is 0 Å². The van der Waals surface area contributed by atoms with Gasteiger partial charge in [0.1, 0.15) is 11.5 Å². The van der Waals surface area contributed by atoms with Crippen molar-refractivity contribution in [2.24, 2.45) is 0 Å². The van der Waals surface area contributed by atoms with E-state index in [-0.39, 0.29) is 11.3 Å². The fraction of sp³-hybridized carbons (Fsp3) is 0.167. The molecule has 0 heterocycles. The van der Waals surface area contributed by atoms with Gasteiger partial charge in [-0.3, -0.25) is 4.79 Å². The Labute approximate surface area is 134 Å². The number of phenols is 1. The van der Waals surface area contributed by atoms with Crippen molar-refractivity contribution in [1.82, 2.24) is 0 Å². The maximum Gasteiger partial charge on any atom is 0.240 e. The van der Waals surface area contributed by atoms with Crippen molar-refractivity contribution in [3.63, 3.8) is 0 Å². The summed E-state index contributed by atoms with van der Waals surface area (Å²) in [6, 6.07) is 9.49. The minimum Gasteiger partial charge on any atom is -0.507 e. The van der Waals surface area contributed by atoms with E-state index in [2.05, 4.69) is 11.8 Å². The van der Waals surface area contributed by atoms with Gasteiger partial charge in [-0.2, -0.15) is 0 Å². The molecule has 5 heteroatoms. The van der Waals surface area contributed by atoms with Crippen molar-refractivity contribution < 1.29 is 24.1 Å². The molecule has 0 amide bonds. The fourth-order valence-corrected chi connectivity index (χ4v) is 1.93. The highest BCUT2D eigenvalue weighted by Gasteiger charge is 2.10. The molecule has 0 aliphatic carbocycles. The van der Waals surface area contributed by atoms with Crippen LogP contribution in [0.25, 0.3) is 0 Å². The van der Waals surface area contributed by atoms with Crippen LogP contribution in [-0.4, -0.2) is 32.2 Å². The van der Waals surface area contributed by atoms with Gasteiger partial charge in [0.05, 0.1) is 26.9 Å². The monoisotopic (exact) mass is 312 g/mol. The molecular weight excluding hydrogens is 296 g/mol. The molecule has 5 nitrogen and oxygen atoms in total. The number of carbonyl (C=O) groups is 1. The second-order valence-electron chi connectivity index (χ2n) is 4.53. The topological polar surface area (TPSA) is 65.0 Å². The average molecular weight is 312 g/mol. The number of ether oxygens (including phenoxy) is 3. The number of benzene rings is 2. The van der Waals surface area contributed by atoms with Crippen LogP contribution in [0.4, 0.5) is 0 Å². The van der Waals surface area contributed by atoms with Crippen LogP contribution in [0.2, 0.25) is 0 Å². The first-order valence-corrected chi connectivity index (χ1v) is 6.74. The molecule has 0 saturated heterocycles. The Hall–Kier alpha value is -3.13. The van der Waals surface area contributed by atoms with Gasteiger partial charge < -0.3 is 19.3 Å². The summed E-state index contributed by atoms with van der Waals surface area (Å²) in [6.07, 6.45) is 0. The number of rotatable bonds is 4. The van der Waals surface area contributed by atoms with Gasteiger partial charge in [0.2, 0.25) is 5.78 Å². The number of aromatic hydroxyl groups is 1. The smallest absolute Gasteiger partial charge is 0.240 e. The number of hydrogen-bond donors (Lipinski definition) is 1. The van der Waals surface area contributed by atoms with Gasteiger partial charge >= 0.3 is 0 Å². The molecule has 0 fully saturated rings. The Morgan fingerprint density at radius 1 is 0.957 bits per heavy atom. The average Bonchev–Trinajstić information content (AvgIpc) is 2.59. The standard InChI is InChI=1S/C18H16O5/c1-21-13-6-8-16(20)14(11-13)15(19)7-4-12-5-9-17(22-2)18(10-12)23-3/h5-6,8-11,20H,1-3H3. The summed E-state index contributed by atoms with van der Waals surface area (Å²) in [5.41, 5.74) is 0.690. The quantitative estimate of drug-likeness (QED) is 0.694. The van der Waals surface area contributed by atoms with Crippen LogP contribution in [0, 0.1) is 11.8 Å². The molecule has 0 saturated carbocycles. The molecule has 0 spiro atoms. The number of hydrogen-bond acceptors (Lipinski definition) is 5. The molecule has 0 aliphatic rings. The van der Waals surface area contributed by atoms with Gasteiger partial charge in [-0.05, 0) is 42.3 Å². The van der Waals surface area contributed by atoms with Gasteiger partial charge in [0.15, 0.2) is 11.5 Å². The van der Waals surface area contributed by atoms with Gasteiger partial charge in [0.25, 0.3) is 0 Å². The first kappa shape index (κ1) is 16.2. The molecule has 1 N–H and O–H groups in total. The largest absolute Gasteiger partial charge is 0.507 e. The molecule has 118 valence electrons. The molecular formula is C18H16O5. The summed E-state index contributed by atoms with van der Waals surface area (Å²) in [5.74, 6) is 6.17. The first-order valence-electron chi connectivity index (χ1n) is 6.74.